The van der Waals surface area contributed by atoms with Crippen molar-refractivity contribution in [3.05, 3.63) is 36.2 Å². The van der Waals surface area contributed by atoms with Crippen LogP contribution in [0.5, 0.6) is 0 Å². The van der Waals surface area contributed by atoms with Crippen molar-refractivity contribution in [2.24, 2.45) is 11.8 Å². The number of nitrogens with one attached hydrogen (secondary N) is 1. The minimum Gasteiger partial charge on any atom is -0.309 e. The third-order valence-corrected chi connectivity index (χ3v) is 4.92. The number of hydrogen-bond acceptors (Lipinski definition) is 1. The molecule has 0 aromatic carbocycles. The quantitative estimate of drug-likeness (QED) is 0.208. The van der Waals surface area contributed by atoms with Gasteiger partial charge in [0.25, 0.3) is 0 Å². The van der Waals surface area contributed by atoms with Gasteiger partial charge in [-0.25, -0.2) is 13.2 Å². The molecule has 1 aliphatic carbocycles. The Labute approximate surface area is 174 Å². The van der Waals surface area contributed by atoms with Gasteiger partial charge in [0.15, 0.2) is 0 Å². The molecule has 28 heavy (non-hydrogen) atoms. The van der Waals surface area contributed by atoms with Crippen molar-refractivity contribution >= 4 is 17.3 Å². The highest BCUT2D eigenvalue weighted by Crippen LogP contribution is 2.32. The van der Waals surface area contributed by atoms with Crippen molar-refractivity contribution in [3.8, 4) is 0 Å². The van der Waals surface area contributed by atoms with E-state index in [0.717, 1.165) is 19.3 Å². The molecule has 1 rings (SSSR count). The maximum atomic E-state index is 14.3. The maximum absolute atomic E-state index is 14.3. The SMILES string of the molecule is C=C/C(=C(F)\C=C/C(C)C)C(CCCCl)C(=N)CCC.FC1(F)CCCCC1. The van der Waals surface area contributed by atoms with Crippen LogP contribution in [0.3, 0.4) is 0 Å². The lowest BCUT2D eigenvalue weighted by Crippen LogP contribution is -2.18. The second-order valence-electron chi connectivity index (χ2n) is 7.69. The van der Waals surface area contributed by atoms with Crippen LogP contribution >= 0.6 is 11.6 Å². The molecular formula is C23H37ClF3N. The first-order valence-electron chi connectivity index (χ1n) is 10.4. The zero-order chi connectivity index (χ0) is 21.6. The zero-order valence-corrected chi connectivity index (χ0v) is 18.4. The fraction of sp³-hybridized carbons (Fsp3) is 0.696. The molecule has 0 aromatic heterocycles. The Balaban J connectivity index is 0.000000749. The van der Waals surface area contributed by atoms with Gasteiger partial charge in [-0.15, -0.1) is 11.6 Å². The van der Waals surface area contributed by atoms with E-state index in [-0.39, 0.29) is 24.6 Å². The lowest BCUT2D eigenvalue weighted by Gasteiger charge is -2.20. The summed E-state index contributed by atoms with van der Waals surface area (Å²) in [6.45, 7) is 9.75. The van der Waals surface area contributed by atoms with Crippen LogP contribution in [0.4, 0.5) is 13.2 Å². The van der Waals surface area contributed by atoms with Crippen LogP contribution < -0.4 is 0 Å². The average Bonchev–Trinajstić information content (AvgIpc) is 2.63. The van der Waals surface area contributed by atoms with Gasteiger partial charge in [-0.1, -0.05) is 52.3 Å². The van der Waals surface area contributed by atoms with Crippen LogP contribution in [0.1, 0.15) is 78.6 Å². The molecule has 1 atom stereocenters. The van der Waals surface area contributed by atoms with Gasteiger partial charge in [0.1, 0.15) is 5.83 Å². The summed E-state index contributed by atoms with van der Waals surface area (Å²) in [5, 5.41) is 8.15. The van der Waals surface area contributed by atoms with Gasteiger partial charge in [-0.2, -0.15) is 0 Å². The van der Waals surface area contributed by atoms with Crippen LogP contribution in [0.15, 0.2) is 36.2 Å². The largest absolute Gasteiger partial charge is 0.309 e. The minimum absolute atomic E-state index is 0.118. The molecule has 0 amide bonds. The third kappa shape index (κ3) is 11.7. The minimum atomic E-state index is -2.32. The Bertz CT molecular complexity index is 516. The van der Waals surface area contributed by atoms with Crippen molar-refractivity contribution in [3.63, 3.8) is 0 Å². The zero-order valence-electron chi connectivity index (χ0n) is 17.7. The fourth-order valence-corrected chi connectivity index (χ4v) is 3.24. The van der Waals surface area contributed by atoms with E-state index in [1.807, 2.05) is 26.8 Å². The Hall–Kier alpha value is -1.03. The van der Waals surface area contributed by atoms with Crippen LogP contribution in [0.2, 0.25) is 0 Å². The summed E-state index contributed by atoms with van der Waals surface area (Å²) in [5.41, 5.74) is 1.09. The van der Waals surface area contributed by atoms with E-state index in [9.17, 15) is 13.2 Å². The molecule has 0 saturated heterocycles. The predicted molar refractivity (Wildman–Crippen MR) is 116 cm³/mol. The monoisotopic (exact) mass is 419 g/mol. The average molecular weight is 420 g/mol. The molecule has 162 valence electrons. The third-order valence-electron chi connectivity index (χ3n) is 4.65. The summed E-state index contributed by atoms with van der Waals surface area (Å²) in [5.74, 6) is -1.98. The second kappa shape index (κ2) is 14.9. The van der Waals surface area contributed by atoms with E-state index in [0.29, 0.717) is 48.8 Å². The number of rotatable bonds is 10. The summed E-state index contributed by atoms with van der Waals surface area (Å²) in [4.78, 5) is 0. The normalized spacial score (nSPS) is 18.3. The van der Waals surface area contributed by atoms with E-state index < -0.39 is 5.92 Å². The Morgan fingerprint density at radius 1 is 1.21 bits per heavy atom. The first kappa shape index (κ1) is 27.0. The summed E-state index contributed by atoms with van der Waals surface area (Å²) in [6.07, 6.45) is 10.6. The van der Waals surface area contributed by atoms with Crippen LogP contribution in [-0.4, -0.2) is 17.5 Å². The predicted octanol–water partition coefficient (Wildman–Crippen LogP) is 8.65. The highest BCUT2D eigenvalue weighted by atomic mass is 35.5. The Morgan fingerprint density at radius 3 is 2.21 bits per heavy atom. The smallest absolute Gasteiger partial charge is 0.248 e. The molecule has 1 saturated carbocycles. The standard InChI is InChI=1S/C17H27ClFN.C6H10F2/c1-5-8-17(20)15(9-7-12-18)14(6-2)16(19)11-10-13(3)4;7-6(8)4-2-1-3-5-6/h6,10-11,13,15,20H,2,5,7-9,12H2,1,3-4H3;1-5H2/b11-10-,16-14-,20-17?;. The highest BCUT2D eigenvalue weighted by molar-refractivity contribution is 6.17. The number of hydrogen-bond donors (Lipinski definition) is 1. The van der Waals surface area contributed by atoms with Crippen molar-refractivity contribution < 1.29 is 13.2 Å². The second-order valence-corrected chi connectivity index (χ2v) is 8.06. The first-order chi connectivity index (χ1) is 13.2. The molecule has 1 aliphatic rings. The molecule has 1 N–H and O–H groups in total. The van der Waals surface area contributed by atoms with Crippen molar-refractivity contribution in [2.75, 3.05) is 5.88 Å². The Morgan fingerprint density at radius 2 is 1.82 bits per heavy atom. The molecule has 0 bridgehead atoms. The summed E-state index contributed by atoms with van der Waals surface area (Å²) in [7, 11) is 0. The van der Waals surface area contributed by atoms with Gasteiger partial charge in [0.2, 0.25) is 5.92 Å². The summed E-state index contributed by atoms with van der Waals surface area (Å²) < 4.78 is 38.7. The summed E-state index contributed by atoms with van der Waals surface area (Å²) in [6, 6.07) is 0. The van der Waals surface area contributed by atoms with E-state index >= 15 is 0 Å². The van der Waals surface area contributed by atoms with Crippen LogP contribution in [-0.2, 0) is 0 Å². The Kier molecular flexibility index (Phi) is 14.3. The highest BCUT2D eigenvalue weighted by Gasteiger charge is 2.30. The number of allylic oxidation sites excluding steroid dienone is 5. The van der Waals surface area contributed by atoms with Crippen molar-refractivity contribution in [1.82, 2.24) is 0 Å². The first-order valence-corrected chi connectivity index (χ1v) is 10.9. The molecular weight excluding hydrogens is 383 g/mol. The van der Waals surface area contributed by atoms with E-state index in [1.165, 1.54) is 6.08 Å². The van der Waals surface area contributed by atoms with Gasteiger partial charge in [-0.05, 0) is 49.7 Å². The number of alkyl halides is 3. The molecule has 0 heterocycles. The van der Waals surface area contributed by atoms with Gasteiger partial charge in [-0.3, -0.25) is 0 Å². The van der Waals surface area contributed by atoms with Gasteiger partial charge in [0.05, 0.1) is 0 Å². The fourth-order valence-electron chi connectivity index (χ4n) is 3.09. The van der Waals surface area contributed by atoms with Gasteiger partial charge < -0.3 is 5.41 Å². The topological polar surface area (TPSA) is 23.9 Å². The van der Waals surface area contributed by atoms with Crippen LogP contribution in [0, 0.1) is 17.2 Å². The molecule has 1 unspecified atom stereocenters. The molecule has 0 aliphatic heterocycles. The van der Waals surface area contributed by atoms with Crippen molar-refractivity contribution in [2.45, 2.75) is 84.5 Å². The molecule has 5 heteroatoms. The lowest BCUT2D eigenvalue weighted by molar-refractivity contribution is -0.0337. The van der Waals surface area contributed by atoms with Crippen LogP contribution in [0.25, 0.3) is 0 Å². The number of halogens is 4. The maximum Gasteiger partial charge on any atom is 0.248 e. The van der Waals surface area contributed by atoms with Crippen molar-refractivity contribution in [1.29, 1.82) is 5.41 Å². The molecule has 0 aromatic rings. The van der Waals surface area contributed by atoms with Gasteiger partial charge in [0, 0.05) is 30.4 Å². The summed E-state index contributed by atoms with van der Waals surface area (Å²) >= 11 is 5.74. The van der Waals surface area contributed by atoms with E-state index in [1.54, 1.807) is 6.08 Å². The molecule has 1 fully saturated rings. The van der Waals surface area contributed by atoms with Gasteiger partial charge >= 0.3 is 0 Å². The van der Waals surface area contributed by atoms with E-state index in [4.69, 9.17) is 17.0 Å². The molecule has 0 spiro atoms. The van der Waals surface area contributed by atoms with E-state index in [2.05, 4.69) is 6.58 Å². The molecule has 0 radical (unpaired) electrons. The molecule has 1 nitrogen and oxygen atoms in total. The lowest BCUT2D eigenvalue weighted by atomic mass is 9.87.